The maximum atomic E-state index is 15.0. The molecular weight excluding hydrogens is 405 g/mol. The van der Waals surface area contributed by atoms with Gasteiger partial charge in [0.15, 0.2) is 0 Å². The highest BCUT2D eigenvalue weighted by Crippen LogP contribution is 2.28. The number of hydrazine groups is 1. The van der Waals surface area contributed by atoms with Gasteiger partial charge in [-0.25, -0.2) is 19.4 Å². The summed E-state index contributed by atoms with van der Waals surface area (Å²) in [5.41, 5.74) is 9.63. The van der Waals surface area contributed by atoms with Crippen LogP contribution >= 0.6 is 0 Å². The smallest absolute Gasteiger partial charge is 0.414 e. The van der Waals surface area contributed by atoms with Crippen molar-refractivity contribution in [3.63, 3.8) is 0 Å². The van der Waals surface area contributed by atoms with Gasteiger partial charge in [-0.05, 0) is 31.2 Å². The van der Waals surface area contributed by atoms with Gasteiger partial charge in [0.1, 0.15) is 11.9 Å². The minimum Gasteiger partial charge on any atom is -0.443 e. The first-order valence-corrected chi connectivity index (χ1v) is 10.8. The fourth-order valence-electron chi connectivity index (χ4n) is 4.12. The monoisotopic (exact) mass is 435 g/mol. The zero-order valence-electron chi connectivity index (χ0n) is 17.6. The van der Waals surface area contributed by atoms with Gasteiger partial charge in [-0.2, -0.15) is 0 Å². The van der Waals surface area contributed by atoms with E-state index in [0.29, 0.717) is 50.6 Å². The van der Waals surface area contributed by atoms with E-state index in [9.17, 15) is 14.0 Å². The summed E-state index contributed by atoms with van der Waals surface area (Å²) in [6.07, 6.45) is 0.0368. The summed E-state index contributed by atoms with van der Waals surface area (Å²) >= 11 is 0. The van der Waals surface area contributed by atoms with Crippen molar-refractivity contribution in [3.8, 4) is 0 Å². The Hall–Kier alpha value is -2.63. The number of urea groups is 1. The van der Waals surface area contributed by atoms with Gasteiger partial charge < -0.3 is 25.6 Å². The van der Waals surface area contributed by atoms with E-state index in [2.05, 4.69) is 10.7 Å². The number of nitrogens with one attached hydrogen (secondary N) is 2. The average Bonchev–Trinajstić information content (AvgIpc) is 2.98. The van der Waals surface area contributed by atoms with Gasteiger partial charge in [-0.15, -0.1) is 0 Å². The largest absolute Gasteiger partial charge is 0.443 e. The molecule has 0 saturated carbocycles. The van der Waals surface area contributed by atoms with E-state index in [-0.39, 0.29) is 18.7 Å². The summed E-state index contributed by atoms with van der Waals surface area (Å²) in [5, 5.41) is 4.92. The summed E-state index contributed by atoms with van der Waals surface area (Å²) in [7, 11) is 0. The van der Waals surface area contributed by atoms with Crippen LogP contribution in [0.4, 0.5) is 25.4 Å². The number of carbonyl (C=O) groups excluding carboxylic acids is 2. The Morgan fingerprint density at radius 2 is 2.03 bits per heavy atom. The molecule has 11 heteroatoms. The van der Waals surface area contributed by atoms with E-state index in [0.717, 1.165) is 26.1 Å². The van der Waals surface area contributed by atoms with E-state index < -0.39 is 11.9 Å². The lowest BCUT2D eigenvalue weighted by Gasteiger charge is -2.29. The number of ether oxygens (including phenoxy) is 1. The van der Waals surface area contributed by atoms with Crippen molar-refractivity contribution >= 4 is 23.5 Å². The number of anilines is 2. The molecular formula is C20H30FN7O3. The zero-order valence-corrected chi connectivity index (χ0v) is 17.6. The minimum atomic E-state index is -0.514. The molecule has 3 aliphatic rings. The number of nitrogens with two attached hydrogens (primary N) is 1. The first-order chi connectivity index (χ1) is 15.1. The van der Waals surface area contributed by atoms with E-state index >= 15 is 0 Å². The summed E-state index contributed by atoms with van der Waals surface area (Å²) in [5.74, 6) is -0.417. The lowest BCUT2D eigenvalue weighted by Crippen LogP contribution is -2.51. The number of halogens is 1. The topological polar surface area (TPSA) is 106 Å². The van der Waals surface area contributed by atoms with Crippen molar-refractivity contribution in [1.82, 2.24) is 20.7 Å². The van der Waals surface area contributed by atoms with Crippen molar-refractivity contribution < 1.29 is 18.7 Å². The Bertz CT molecular complexity index is 803. The third-order valence-electron chi connectivity index (χ3n) is 5.84. The van der Waals surface area contributed by atoms with Crippen LogP contribution in [0.1, 0.15) is 6.42 Å². The number of cyclic esters (lactones) is 1. The van der Waals surface area contributed by atoms with Crippen LogP contribution in [0.15, 0.2) is 18.2 Å². The van der Waals surface area contributed by atoms with Crippen LogP contribution in [0, 0.1) is 5.82 Å². The number of benzene rings is 1. The number of rotatable bonds is 3. The highest BCUT2D eigenvalue weighted by Gasteiger charge is 2.32. The lowest BCUT2D eigenvalue weighted by atomic mass is 10.2. The molecule has 4 N–H and O–H groups in total. The van der Waals surface area contributed by atoms with Gasteiger partial charge >= 0.3 is 12.1 Å². The molecule has 3 aliphatic heterocycles. The Morgan fingerprint density at radius 1 is 1.16 bits per heavy atom. The molecule has 1 aromatic carbocycles. The van der Waals surface area contributed by atoms with Crippen molar-refractivity contribution in [2.45, 2.75) is 12.5 Å². The zero-order chi connectivity index (χ0) is 21.8. The van der Waals surface area contributed by atoms with Crippen molar-refractivity contribution in [2.24, 2.45) is 5.73 Å². The molecule has 4 rings (SSSR count). The van der Waals surface area contributed by atoms with Crippen LogP contribution in [0.2, 0.25) is 0 Å². The lowest BCUT2D eigenvalue weighted by molar-refractivity contribution is 0.137. The molecule has 0 aliphatic carbocycles. The molecule has 3 fully saturated rings. The molecule has 1 atom stereocenters. The van der Waals surface area contributed by atoms with Crippen molar-refractivity contribution in [1.29, 1.82) is 0 Å². The van der Waals surface area contributed by atoms with Crippen molar-refractivity contribution in [3.05, 3.63) is 24.0 Å². The number of carbonyl (C=O) groups is 2. The van der Waals surface area contributed by atoms with Crippen LogP contribution in [0.5, 0.6) is 0 Å². The van der Waals surface area contributed by atoms with Gasteiger partial charge in [0, 0.05) is 45.8 Å². The molecule has 170 valence electrons. The van der Waals surface area contributed by atoms with Crippen molar-refractivity contribution in [2.75, 3.05) is 75.2 Å². The van der Waals surface area contributed by atoms with Crippen LogP contribution in [-0.4, -0.2) is 93.6 Å². The molecule has 0 radical (unpaired) electrons. The molecule has 31 heavy (non-hydrogen) atoms. The predicted molar refractivity (Wildman–Crippen MR) is 114 cm³/mol. The SMILES string of the molecule is NC[C@H]1CN(c2ccc(N3CCNN(C(=O)N4CCCNCC4)CC3)c(F)c2)C(=O)O1. The Labute approximate surface area is 181 Å². The summed E-state index contributed by atoms with van der Waals surface area (Å²) in [6.45, 7) is 5.69. The number of hydrogen-bond acceptors (Lipinski definition) is 7. The standard InChI is InChI=1S/C20H30FN7O3/c21-17-12-15(27-14-16(13-22)31-20(27)30)2-3-18(17)25-9-6-24-28(11-10-25)19(29)26-7-1-4-23-5-8-26/h2-3,12,16,23-24H,1,4-11,13-14,22H2/t16-/m0/s1. The fourth-order valence-corrected chi connectivity index (χ4v) is 4.12. The first kappa shape index (κ1) is 21.6. The molecule has 0 spiro atoms. The minimum absolute atomic E-state index is 0.0385. The third kappa shape index (κ3) is 4.83. The van der Waals surface area contributed by atoms with Gasteiger partial charge in [0.25, 0.3) is 0 Å². The molecule has 3 saturated heterocycles. The van der Waals surface area contributed by atoms with E-state index in [4.69, 9.17) is 10.5 Å². The third-order valence-corrected chi connectivity index (χ3v) is 5.84. The molecule has 3 heterocycles. The van der Waals surface area contributed by atoms with Crippen LogP contribution in [0.3, 0.4) is 0 Å². The van der Waals surface area contributed by atoms with Gasteiger partial charge in [0.05, 0.1) is 24.5 Å². The second-order valence-corrected chi connectivity index (χ2v) is 7.91. The average molecular weight is 436 g/mol. The van der Waals surface area contributed by atoms with E-state index in [1.54, 1.807) is 17.1 Å². The molecule has 0 bridgehead atoms. The summed E-state index contributed by atoms with van der Waals surface area (Å²) in [4.78, 5) is 30.0. The summed E-state index contributed by atoms with van der Waals surface area (Å²) < 4.78 is 20.1. The Kier molecular flexibility index (Phi) is 6.73. The van der Waals surface area contributed by atoms with E-state index in [1.165, 1.54) is 11.0 Å². The molecule has 10 nitrogen and oxygen atoms in total. The summed E-state index contributed by atoms with van der Waals surface area (Å²) in [6, 6.07) is 4.69. The predicted octanol–water partition coefficient (Wildman–Crippen LogP) is 0.152. The normalized spacial score (nSPS) is 22.9. The number of amides is 3. The highest BCUT2D eigenvalue weighted by atomic mass is 19.1. The van der Waals surface area contributed by atoms with Gasteiger partial charge in [-0.1, -0.05) is 0 Å². The second kappa shape index (κ2) is 9.67. The Balaban J connectivity index is 1.40. The molecule has 1 aromatic rings. The van der Waals surface area contributed by atoms with Crippen LogP contribution in [0.25, 0.3) is 0 Å². The van der Waals surface area contributed by atoms with Gasteiger partial charge in [0.2, 0.25) is 0 Å². The van der Waals surface area contributed by atoms with E-state index in [1.807, 2.05) is 9.80 Å². The van der Waals surface area contributed by atoms with Crippen LogP contribution < -0.4 is 26.3 Å². The second-order valence-electron chi connectivity index (χ2n) is 7.91. The highest BCUT2D eigenvalue weighted by molar-refractivity contribution is 5.90. The molecule has 3 amide bonds. The van der Waals surface area contributed by atoms with Gasteiger partial charge in [-0.3, -0.25) is 9.91 Å². The quantitative estimate of drug-likeness (QED) is 0.621. The van der Waals surface area contributed by atoms with Crippen LogP contribution in [-0.2, 0) is 4.74 Å². The number of hydrogen-bond donors (Lipinski definition) is 3. The molecule has 0 unspecified atom stereocenters. The maximum absolute atomic E-state index is 15.0. The fraction of sp³-hybridized carbons (Fsp3) is 0.600. The molecule has 0 aromatic heterocycles. The Morgan fingerprint density at radius 3 is 2.81 bits per heavy atom. The maximum Gasteiger partial charge on any atom is 0.414 e. The number of nitrogens with zero attached hydrogens (tertiary/aromatic N) is 4. The first-order valence-electron chi connectivity index (χ1n) is 10.8.